The van der Waals surface area contributed by atoms with Crippen LogP contribution in [0.5, 0.6) is 0 Å². The summed E-state index contributed by atoms with van der Waals surface area (Å²) in [6, 6.07) is 8.93. The molecule has 0 aliphatic rings. The summed E-state index contributed by atoms with van der Waals surface area (Å²) in [4.78, 5) is 0. The van der Waals surface area contributed by atoms with E-state index >= 15 is 0 Å². The van der Waals surface area contributed by atoms with E-state index in [1.807, 2.05) is 30.3 Å². The maximum absolute atomic E-state index is 5.79. The molecular formula is C9H8Cl3N. The Bertz CT molecular complexity index is 304. The van der Waals surface area contributed by atoms with Crippen molar-refractivity contribution in [3.8, 4) is 0 Å². The minimum Gasteiger partial charge on any atom is -0.319 e. The van der Waals surface area contributed by atoms with Gasteiger partial charge in [-0.15, -0.1) is 0 Å². The minimum absolute atomic E-state index is 0.0121. The molecule has 4 heteroatoms. The second-order valence-electron chi connectivity index (χ2n) is 2.50. The van der Waals surface area contributed by atoms with Gasteiger partial charge in [0.2, 0.25) is 0 Å². The van der Waals surface area contributed by atoms with E-state index in [0.29, 0.717) is 0 Å². The van der Waals surface area contributed by atoms with Crippen molar-refractivity contribution in [2.45, 2.75) is 6.04 Å². The highest BCUT2D eigenvalue weighted by molar-refractivity contribution is 6.59. The van der Waals surface area contributed by atoms with Crippen molar-refractivity contribution >= 4 is 34.8 Å². The van der Waals surface area contributed by atoms with Crippen molar-refractivity contribution < 1.29 is 0 Å². The SMILES string of the molecule is NC(C(Cl)=C(Cl)Cl)c1ccccc1. The Labute approximate surface area is 92.1 Å². The molecule has 1 rings (SSSR count). The van der Waals surface area contributed by atoms with Gasteiger partial charge >= 0.3 is 0 Å². The lowest BCUT2D eigenvalue weighted by Crippen LogP contribution is -2.10. The highest BCUT2D eigenvalue weighted by atomic mass is 35.5. The fraction of sp³-hybridized carbons (Fsp3) is 0.111. The average Bonchev–Trinajstić information content (AvgIpc) is 2.17. The first-order chi connectivity index (χ1) is 6.13. The van der Waals surface area contributed by atoms with Crippen LogP contribution < -0.4 is 5.73 Å². The first-order valence-electron chi connectivity index (χ1n) is 3.64. The van der Waals surface area contributed by atoms with Gasteiger partial charge in [0.1, 0.15) is 4.49 Å². The number of rotatable bonds is 2. The van der Waals surface area contributed by atoms with Crippen LogP contribution in [-0.2, 0) is 0 Å². The molecule has 0 bridgehead atoms. The third-order valence-electron chi connectivity index (χ3n) is 1.61. The monoisotopic (exact) mass is 235 g/mol. The second kappa shape index (κ2) is 4.87. The molecule has 0 saturated carbocycles. The smallest absolute Gasteiger partial charge is 0.123 e. The molecule has 1 atom stereocenters. The van der Waals surface area contributed by atoms with Gasteiger partial charge in [-0.3, -0.25) is 0 Å². The van der Waals surface area contributed by atoms with Crippen molar-refractivity contribution in [3.05, 3.63) is 45.4 Å². The zero-order valence-electron chi connectivity index (χ0n) is 6.68. The van der Waals surface area contributed by atoms with Crippen LogP contribution >= 0.6 is 34.8 Å². The van der Waals surface area contributed by atoms with Gasteiger partial charge in [0.15, 0.2) is 0 Å². The van der Waals surface area contributed by atoms with Gasteiger partial charge in [-0.1, -0.05) is 65.1 Å². The molecule has 0 amide bonds. The van der Waals surface area contributed by atoms with Gasteiger partial charge in [-0.25, -0.2) is 0 Å². The lowest BCUT2D eigenvalue weighted by Gasteiger charge is -2.10. The molecule has 0 radical (unpaired) electrons. The van der Waals surface area contributed by atoms with Gasteiger partial charge in [-0.2, -0.15) is 0 Å². The Kier molecular flexibility index (Phi) is 4.07. The number of halogens is 3. The Hall–Kier alpha value is -0.210. The number of hydrogen-bond acceptors (Lipinski definition) is 1. The fourth-order valence-corrected chi connectivity index (χ4v) is 1.29. The molecule has 0 heterocycles. The Morgan fingerprint density at radius 3 is 2.08 bits per heavy atom. The zero-order chi connectivity index (χ0) is 9.84. The molecule has 0 aromatic heterocycles. The van der Waals surface area contributed by atoms with E-state index in [-0.39, 0.29) is 9.52 Å². The van der Waals surface area contributed by atoms with E-state index in [0.717, 1.165) is 5.56 Å². The lowest BCUT2D eigenvalue weighted by atomic mass is 10.1. The standard InChI is InChI=1S/C9H8Cl3N/c10-7(9(11)12)8(13)6-4-2-1-3-5-6/h1-5,8H,13H2. The summed E-state index contributed by atoms with van der Waals surface area (Å²) in [5, 5.41) is 0.259. The topological polar surface area (TPSA) is 26.0 Å². The maximum atomic E-state index is 5.79. The van der Waals surface area contributed by atoms with Crippen LogP contribution in [0.15, 0.2) is 39.9 Å². The normalized spacial score (nSPS) is 12.3. The maximum Gasteiger partial charge on any atom is 0.123 e. The van der Waals surface area contributed by atoms with Gasteiger partial charge in [0.25, 0.3) is 0 Å². The van der Waals surface area contributed by atoms with Crippen molar-refractivity contribution in [2.24, 2.45) is 5.73 Å². The third kappa shape index (κ3) is 2.89. The largest absolute Gasteiger partial charge is 0.319 e. The number of nitrogens with two attached hydrogens (primary N) is 1. The molecular weight excluding hydrogens is 228 g/mol. The van der Waals surface area contributed by atoms with Crippen molar-refractivity contribution in [3.63, 3.8) is 0 Å². The van der Waals surface area contributed by atoms with Gasteiger partial charge in [0, 0.05) is 0 Å². The molecule has 1 aromatic rings. The van der Waals surface area contributed by atoms with Crippen LogP contribution in [0.4, 0.5) is 0 Å². The number of hydrogen-bond donors (Lipinski definition) is 1. The van der Waals surface area contributed by atoms with E-state index in [2.05, 4.69) is 0 Å². The van der Waals surface area contributed by atoms with Crippen LogP contribution in [0, 0.1) is 0 Å². The molecule has 0 fully saturated rings. The summed E-state index contributed by atoms with van der Waals surface area (Å²) in [5.41, 5.74) is 6.66. The van der Waals surface area contributed by atoms with Crippen LogP contribution in [0.1, 0.15) is 11.6 Å². The summed E-state index contributed by atoms with van der Waals surface area (Å²) in [5.74, 6) is 0. The quantitative estimate of drug-likeness (QED) is 0.835. The predicted octanol–water partition coefficient (Wildman–Crippen LogP) is 3.57. The fourth-order valence-electron chi connectivity index (χ4n) is 0.924. The van der Waals surface area contributed by atoms with Crippen LogP contribution in [-0.4, -0.2) is 0 Å². The van der Waals surface area contributed by atoms with E-state index in [9.17, 15) is 0 Å². The van der Waals surface area contributed by atoms with Gasteiger partial charge in [0.05, 0.1) is 11.1 Å². The first kappa shape index (κ1) is 10.9. The average molecular weight is 237 g/mol. The minimum atomic E-state index is -0.451. The third-order valence-corrected chi connectivity index (χ3v) is 2.64. The van der Waals surface area contributed by atoms with Gasteiger partial charge < -0.3 is 5.73 Å². The highest BCUT2D eigenvalue weighted by Gasteiger charge is 2.11. The van der Waals surface area contributed by atoms with Crippen LogP contribution in [0.2, 0.25) is 0 Å². The molecule has 1 nitrogen and oxygen atoms in total. The first-order valence-corrected chi connectivity index (χ1v) is 4.77. The summed E-state index contributed by atoms with van der Waals surface area (Å²) in [6.45, 7) is 0. The molecule has 0 saturated heterocycles. The lowest BCUT2D eigenvalue weighted by molar-refractivity contribution is 0.893. The number of benzene rings is 1. The summed E-state index contributed by atoms with van der Waals surface area (Å²) >= 11 is 16.8. The Morgan fingerprint density at radius 2 is 1.62 bits per heavy atom. The van der Waals surface area contributed by atoms with Gasteiger partial charge in [-0.05, 0) is 5.56 Å². The molecule has 2 N–H and O–H groups in total. The van der Waals surface area contributed by atoms with E-state index in [1.54, 1.807) is 0 Å². The van der Waals surface area contributed by atoms with Crippen molar-refractivity contribution in [1.82, 2.24) is 0 Å². The summed E-state index contributed by atoms with van der Waals surface area (Å²) in [7, 11) is 0. The highest BCUT2D eigenvalue weighted by Crippen LogP contribution is 2.28. The van der Waals surface area contributed by atoms with E-state index < -0.39 is 6.04 Å². The molecule has 13 heavy (non-hydrogen) atoms. The van der Waals surface area contributed by atoms with Crippen molar-refractivity contribution in [2.75, 3.05) is 0 Å². The predicted molar refractivity (Wildman–Crippen MR) is 58.0 cm³/mol. The van der Waals surface area contributed by atoms with Crippen LogP contribution in [0.3, 0.4) is 0 Å². The van der Waals surface area contributed by atoms with E-state index in [4.69, 9.17) is 40.5 Å². The molecule has 0 spiro atoms. The second-order valence-corrected chi connectivity index (χ2v) is 3.85. The summed E-state index contributed by atoms with van der Waals surface area (Å²) in [6.07, 6.45) is 0. The molecule has 1 unspecified atom stereocenters. The van der Waals surface area contributed by atoms with Crippen LogP contribution in [0.25, 0.3) is 0 Å². The Morgan fingerprint density at radius 1 is 1.08 bits per heavy atom. The van der Waals surface area contributed by atoms with Crippen molar-refractivity contribution in [1.29, 1.82) is 0 Å². The molecule has 70 valence electrons. The molecule has 1 aromatic carbocycles. The van der Waals surface area contributed by atoms with E-state index in [1.165, 1.54) is 0 Å². The zero-order valence-corrected chi connectivity index (χ0v) is 8.94. The molecule has 0 aliphatic carbocycles. The Balaban J connectivity index is 2.93. The molecule has 0 aliphatic heterocycles. The summed E-state index contributed by atoms with van der Waals surface area (Å²) < 4.78 is 0.0121.